The van der Waals surface area contributed by atoms with Crippen LogP contribution in [0.25, 0.3) is 0 Å². The Bertz CT molecular complexity index is 416. The smallest absolute Gasteiger partial charge is 0.205 e. The Hall–Kier alpha value is -0.680. The molecule has 1 N–H and O–H groups in total. The Labute approximate surface area is 106 Å². The molecule has 0 spiro atoms. The fourth-order valence-electron chi connectivity index (χ4n) is 3.63. The summed E-state index contributed by atoms with van der Waals surface area (Å²) in [5.74, 6) is 0.863. The Balaban J connectivity index is 1.93. The third kappa shape index (κ3) is 1.52. The minimum absolute atomic E-state index is 0.0997. The van der Waals surface area contributed by atoms with Crippen molar-refractivity contribution in [3.63, 3.8) is 0 Å². The van der Waals surface area contributed by atoms with Crippen LogP contribution in [0.1, 0.15) is 38.4 Å². The van der Waals surface area contributed by atoms with E-state index in [1.165, 1.54) is 24.4 Å². The summed E-state index contributed by atoms with van der Waals surface area (Å²) < 4.78 is 4.28. The fraction of sp³-hybridized carbons (Fsp3) is 0.833. The van der Waals surface area contributed by atoms with Crippen molar-refractivity contribution in [2.24, 2.45) is 5.41 Å². The first-order chi connectivity index (χ1) is 8.20. The molecule has 0 saturated carbocycles. The van der Waals surface area contributed by atoms with Gasteiger partial charge in [-0.05, 0) is 32.6 Å². The lowest BCUT2D eigenvalue weighted by Crippen LogP contribution is -2.39. The van der Waals surface area contributed by atoms with Crippen LogP contribution in [0.5, 0.6) is 0 Å². The molecule has 2 aliphatic rings. The van der Waals surface area contributed by atoms with Crippen molar-refractivity contribution in [1.29, 1.82) is 0 Å². The summed E-state index contributed by atoms with van der Waals surface area (Å²) in [5.41, 5.74) is 0.0997. The highest BCUT2D eigenvalue weighted by Crippen LogP contribution is 2.53. The third-order valence-corrected chi connectivity index (χ3v) is 5.43. The van der Waals surface area contributed by atoms with E-state index >= 15 is 0 Å². The van der Waals surface area contributed by atoms with Crippen LogP contribution in [0.15, 0.2) is 0 Å². The summed E-state index contributed by atoms with van der Waals surface area (Å²) in [6.45, 7) is 4.44. The lowest BCUT2D eigenvalue weighted by Gasteiger charge is -2.34. The molecule has 0 aromatic carbocycles. The topological polar surface area (TPSA) is 49.2 Å². The highest BCUT2D eigenvalue weighted by molar-refractivity contribution is 7.09. The highest BCUT2D eigenvalue weighted by Gasteiger charge is 2.55. The second-order valence-electron chi connectivity index (χ2n) is 5.36. The lowest BCUT2D eigenvalue weighted by molar-refractivity contribution is 0.0944. The molecule has 1 aromatic heterocycles. The first kappa shape index (κ1) is 11.4. The van der Waals surface area contributed by atoms with E-state index in [1.54, 1.807) is 0 Å². The van der Waals surface area contributed by atoms with E-state index in [2.05, 4.69) is 21.2 Å². The number of hydrogen-bond acceptors (Lipinski definition) is 5. The van der Waals surface area contributed by atoms with Crippen LogP contribution in [0.2, 0.25) is 0 Å². The van der Waals surface area contributed by atoms with Crippen molar-refractivity contribution in [3.8, 4) is 0 Å². The van der Waals surface area contributed by atoms with E-state index < -0.39 is 0 Å². The quantitative estimate of drug-likeness (QED) is 0.895. The predicted molar refractivity (Wildman–Crippen MR) is 68.4 cm³/mol. The van der Waals surface area contributed by atoms with E-state index in [-0.39, 0.29) is 5.41 Å². The highest BCUT2D eigenvalue weighted by atomic mass is 32.1. The second kappa shape index (κ2) is 3.92. The van der Waals surface area contributed by atoms with E-state index in [4.69, 9.17) is 0 Å². The number of hydrogen-bond donors (Lipinski definition) is 1. The molecular formula is C12H19N3OS. The van der Waals surface area contributed by atoms with Gasteiger partial charge in [0.05, 0.1) is 6.61 Å². The van der Waals surface area contributed by atoms with Gasteiger partial charge in [-0.1, -0.05) is 6.92 Å². The monoisotopic (exact) mass is 253 g/mol. The van der Waals surface area contributed by atoms with Gasteiger partial charge in [-0.3, -0.25) is 0 Å². The molecule has 1 aromatic rings. The van der Waals surface area contributed by atoms with Gasteiger partial charge in [-0.2, -0.15) is 4.37 Å². The molecule has 3 heterocycles. The number of rotatable bonds is 3. The number of nitrogens with zero attached hydrogens (tertiary/aromatic N) is 3. The van der Waals surface area contributed by atoms with Crippen LogP contribution >= 0.6 is 11.5 Å². The van der Waals surface area contributed by atoms with Gasteiger partial charge in [0.1, 0.15) is 5.82 Å². The normalized spacial score (nSPS) is 35.8. The number of aryl methyl sites for hydroxylation is 1. The van der Waals surface area contributed by atoms with Gasteiger partial charge in [0.2, 0.25) is 5.13 Å². The minimum atomic E-state index is 0.0997. The van der Waals surface area contributed by atoms with Crippen molar-refractivity contribution >= 4 is 16.7 Å². The first-order valence-corrected chi connectivity index (χ1v) is 7.17. The maximum Gasteiger partial charge on any atom is 0.205 e. The molecule has 0 unspecified atom stereocenters. The molecule has 0 amide bonds. The Morgan fingerprint density at radius 3 is 2.88 bits per heavy atom. The maximum absolute atomic E-state index is 9.75. The molecule has 4 nitrogen and oxygen atoms in total. The van der Waals surface area contributed by atoms with E-state index in [0.29, 0.717) is 18.7 Å². The zero-order chi connectivity index (χ0) is 12.0. The summed E-state index contributed by atoms with van der Waals surface area (Å²) in [6.07, 6.45) is 4.60. The zero-order valence-corrected chi connectivity index (χ0v) is 11.2. The van der Waals surface area contributed by atoms with Crippen LogP contribution in [0.4, 0.5) is 5.13 Å². The Morgan fingerprint density at radius 1 is 1.53 bits per heavy atom. The van der Waals surface area contributed by atoms with Gasteiger partial charge in [0, 0.05) is 29.0 Å². The van der Waals surface area contributed by atoms with Crippen molar-refractivity contribution in [1.82, 2.24) is 9.36 Å². The summed E-state index contributed by atoms with van der Waals surface area (Å²) in [4.78, 5) is 6.95. The summed E-state index contributed by atoms with van der Waals surface area (Å²) >= 11 is 1.50. The number of fused-ring (bicyclic) bond motifs is 2. The van der Waals surface area contributed by atoms with Crippen molar-refractivity contribution < 1.29 is 5.11 Å². The van der Waals surface area contributed by atoms with Gasteiger partial charge in [0.15, 0.2) is 0 Å². The average Bonchev–Trinajstić information content (AvgIpc) is 3.01. The van der Waals surface area contributed by atoms with Crippen molar-refractivity contribution in [2.45, 2.75) is 51.6 Å². The summed E-state index contributed by atoms with van der Waals surface area (Å²) in [5, 5.41) is 10.8. The fourth-order valence-corrected chi connectivity index (χ4v) is 4.43. The average molecular weight is 253 g/mol. The first-order valence-electron chi connectivity index (χ1n) is 6.39. The number of anilines is 1. The Kier molecular flexibility index (Phi) is 2.63. The number of aromatic nitrogens is 2. The van der Waals surface area contributed by atoms with E-state index in [0.717, 1.165) is 23.8 Å². The van der Waals surface area contributed by atoms with Crippen LogP contribution in [-0.4, -0.2) is 33.2 Å². The lowest BCUT2D eigenvalue weighted by atomic mass is 9.72. The van der Waals surface area contributed by atoms with Crippen LogP contribution in [0, 0.1) is 12.3 Å². The third-order valence-electron chi connectivity index (χ3n) is 4.61. The van der Waals surface area contributed by atoms with Crippen LogP contribution in [0.3, 0.4) is 0 Å². The molecule has 2 saturated heterocycles. The Morgan fingerprint density at radius 2 is 2.35 bits per heavy atom. The molecule has 0 radical (unpaired) electrons. The van der Waals surface area contributed by atoms with Gasteiger partial charge >= 0.3 is 0 Å². The van der Waals surface area contributed by atoms with Gasteiger partial charge < -0.3 is 10.0 Å². The molecule has 5 heteroatoms. The molecule has 2 fully saturated rings. The summed E-state index contributed by atoms with van der Waals surface area (Å²) in [7, 11) is 0. The maximum atomic E-state index is 9.75. The molecular weight excluding hydrogens is 234 g/mol. The second-order valence-corrected chi connectivity index (χ2v) is 6.09. The molecule has 17 heavy (non-hydrogen) atoms. The van der Waals surface area contributed by atoms with Gasteiger partial charge in [-0.25, -0.2) is 4.98 Å². The van der Waals surface area contributed by atoms with Crippen molar-refractivity contribution in [3.05, 3.63) is 5.82 Å². The number of aliphatic hydroxyl groups excluding tert-OH is 1. The molecule has 0 aliphatic carbocycles. The standard InChI is InChI=1S/C12H19N3OS/c1-3-12(7-16)6-9-4-5-10(12)15(9)11-13-8(2)14-17-11/h9-10,16H,3-7H2,1-2H3/t9-,10+,12-/m1/s1. The van der Waals surface area contributed by atoms with Gasteiger partial charge in [-0.15, -0.1) is 0 Å². The SMILES string of the molecule is CC[C@]1(CO)C[C@H]2CC[C@@H]1N2c1nc(C)ns1. The number of aliphatic hydroxyl groups is 1. The molecule has 2 aliphatic heterocycles. The summed E-state index contributed by atoms with van der Waals surface area (Å²) in [6, 6.07) is 1.04. The zero-order valence-electron chi connectivity index (χ0n) is 10.4. The molecule has 3 atom stereocenters. The van der Waals surface area contributed by atoms with Crippen LogP contribution in [-0.2, 0) is 0 Å². The van der Waals surface area contributed by atoms with Crippen molar-refractivity contribution in [2.75, 3.05) is 11.5 Å². The predicted octanol–water partition coefficient (Wildman–Crippen LogP) is 1.98. The van der Waals surface area contributed by atoms with E-state index in [9.17, 15) is 5.11 Å². The molecule has 3 rings (SSSR count). The van der Waals surface area contributed by atoms with Gasteiger partial charge in [0.25, 0.3) is 0 Å². The molecule has 2 bridgehead atoms. The largest absolute Gasteiger partial charge is 0.396 e. The van der Waals surface area contributed by atoms with Crippen LogP contribution < -0.4 is 4.90 Å². The minimum Gasteiger partial charge on any atom is -0.396 e. The van der Waals surface area contributed by atoms with E-state index in [1.807, 2.05) is 6.92 Å². The molecule has 94 valence electrons.